The van der Waals surface area contributed by atoms with E-state index in [2.05, 4.69) is 82.4 Å². The van der Waals surface area contributed by atoms with Crippen LogP contribution in [0, 0.1) is 16.7 Å². The van der Waals surface area contributed by atoms with Gasteiger partial charge in [-0.1, -0.05) is 57.2 Å². The lowest BCUT2D eigenvalue weighted by Crippen LogP contribution is -2.43. The summed E-state index contributed by atoms with van der Waals surface area (Å²) in [5.74, 6) is 1.23. The fourth-order valence-electron chi connectivity index (χ4n) is 5.40. The fourth-order valence-corrected chi connectivity index (χ4v) is 6.43. The van der Waals surface area contributed by atoms with E-state index >= 15 is 0 Å². The second-order valence-electron chi connectivity index (χ2n) is 10.6. The fraction of sp³-hybridized carbons (Fsp3) is 0.560. The van der Waals surface area contributed by atoms with Gasteiger partial charge in [0.05, 0.1) is 13.0 Å². The molecule has 0 heterocycles. The summed E-state index contributed by atoms with van der Waals surface area (Å²) in [5, 5.41) is 0.169. The minimum Gasteiger partial charge on any atom is -0.543 e. The monoisotopic (exact) mass is 410 g/mol. The number of methoxy groups -OCH3 is 1. The minimum atomic E-state index is -1.87. The van der Waals surface area contributed by atoms with Gasteiger partial charge in [-0.25, -0.2) is 0 Å². The molecule has 2 unspecified atom stereocenters. The first-order valence-electron chi connectivity index (χ1n) is 10.8. The minimum absolute atomic E-state index is 0.0112. The summed E-state index contributed by atoms with van der Waals surface area (Å²) in [6, 6.07) is 8.60. The van der Waals surface area contributed by atoms with Crippen molar-refractivity contribution < 1.29 is 14.0 Å². The smallest absolute Gasteiger partial charge is 0.310 e. The molecule has 4 rings (SSSR count). The van der Waals surface area contributed by atoms with Crippen molar-refractivity contribution in [1.29, 1.82) is 0 Å². The first kappa shape index (κ1) is 20.5. The van der Waals surface area contributed by atoms with Gasteiger partial charge < -0.3 is 9.16 Å². The van der Waals surface area contributed by atoms with Crippen LogP contribution in [0.5, 0.6) is 5.75 Å². The van der Waals surface area contributed by atoms with Crippen LogP contribution in [0.3, 0.4) is 0 Å². The lowest BCUT2D eigenvalue weighted by atomic mass is 9.72. The van der Waals surface area contributed by atoms with Crippen molar-refractivity contribution in [3.8, 4) is 5.75 Å². The maximum Gasteiger partial charge on any atom is 0.310 e. The summed E-state index contributed by atoms with van der Waals surface area (Å²) >= 11 is 0. The second-order valence-corrected chi connectivity index (χ2v) is 15.4. The Hall–Kier alpha value is -1.81. The highest BCUT2D eigenvalue weighted by atomic mass is 28.4. The Morgan fingerprint density at radius 2 is 1.90 bits per heavy atom. The Bertz CT molecular complexity index is 878. The number of benzene rings is 1. The van der Waals surface area contributed by atoms with E-state index in [-0.39, 0.29) is 27.8 Å². The lowest BCUT2D eigenvalue weighted by Gasteiger charge is -2.37. The van der Waals surface area contributed by atoms with Gasteiger partial charge >= 0.3 is 5.97 Å². The Morgan fingerprint density at radius 3 is 2.59 bits per heavy atom. The molecular weight excluding hydrogens is 376 g/mol. The van der Waals surface area contributed by atoms with Gasteiger partial charge in [0.25, 0.3) is 0 Å². The van der Waals surface area contributed by atoms with Crippen LogP contribution in [0.2, 0.25) is 18.1 Å². The number of allylic oxidation sites excluding steroid dienone is 4. The summed E-state index contributed by atoms with van der Waals surface area (Å²) in [5.41, 5.74) is 1.27. The van der Waals surface area contributed by atoms with E-state index < -0.39 is 8.32 Å². The van der Waals surface area contributed by atoms with E-state index in [0.29, 0.717) is 5.92 Å². The molecule has 1 saturated carbocycles. The Labute approximate surface area is 176 Å². The Morgan fingerprint density at radius 1 is 1.17 bits per heavy atom. The molecule has 0 radical (unpaired) electrons. The highest BCUT2D eigenvalue weighted by molar-refractivity contribution is 6.74. The molecule has 4 atom stereocenters. The number of rotatable bonds is 4. The number of esters is 1. The van der Waals surface area contributed by atoms with Gasteiger partial charge in [0.1, 0.15) is 5.75 Å². The van der Waals surface area contributed by atoms with Gasteiger partial charge in [-0.05, 0) is 60.5 Å². The summed E-state index contributed by atoms with van der Waals surface area (Å²) in [6.07, 6.45) is 12.1. The zero-order chi connectivity index (χ0) is 21.1. The molecule has 0 saturated heterocycles. The zero-order valence-corrected chi connectivity index (χ0v) is 19.6. The van der Waals surface area contributed by atoms with Crippen molar-refractivity contribution in [1.82, 2.24) is 0 Å². The molecule has 0 bridgehead atoms. The zero-order valence-electron chi connectivity index (χ0n) is 18.6. The SMILES string of the molecule is COC(=O)[C@H]1C23C=C[C@@H](c4cccc(O[Si](C)(C)C(C)(C)C)c4)CC12CC=CC3. The van der Waals surface area contributed by atoms with E-state index in [1.807, 2.05) is 0 Å². The van der Waals surface area contributed by atoms with Crippen LogP contribution in [0.25, 0.3) is 0 Å². The maximum absolute atomic E-state index is 12.5. The van der Waals surface area contributed by atoms with Crippen molar-refractivity contribution >= 4 is 14.3 Å². The third-order valence-electron chi connectivity index (χ3n) is 8.13. The van der Waals surface area contributed by atoms with Crippen LogP contribution in [-0.2, 0) is 9.53 Å². The van der Waals surface area contributed by atoms with Crippen molar-refractivity contribution in [2.45, 2.75) is 64.1 Å². The molecule has 156 valence electrons. The van der Waals surface area contributed by atoms with E-state index in [1.165, 1.54) is 12.7 Å². The molecule has 0 amide bonds. The van der Waals surface area contributed by atoms with Crippen LogP contribution in [0.1, 0.15) is 51.5 Å². The molecule has 3 aliphatic rings. The van der Waals surface area contributed by atoms with Crippen LogP contribution < -0.4 is 4.43 Å². The number of ether oxygens (including phenoxy) is 1. The van der Waals surface area contributed by atoms with E-state index in [4.69, 9.17) is 9.16 Å². The van der Waals surface area contributed by atoms with E-state index in [9.17, 15) is 4.79 Å². The van der Waals surface area contributed by atoms with Crippen LogP contribution in [0.4, 0.5) is 0 Å². The normalized spacial score (nSPS) is 32.9. The summed E-state index contributed by atoms with van der Waals surface area (Å²) in [6.45, 7) is 11.4. The molecule has 1 aromatic rings. The molecule has 29 heavy (non-hydrogen) atoms. The van der Waals surface area contributed by atoms with Crippen LogP contribution in [-0.4, -0.2) is 21.4 Å². The molecule has 0 spiro atoms. The Kier molecular flexibility index (Phi) is 4.65. The lowest BCUT2D eigenvalue weighted by molar-refractivity contribution is -0.143. The summed E-state index contributed by atoms with van der Waals surface area (Å²) in [7, 11) is -0.357. The summed E-state index contributed by atoms with van der Waals surface area (Å²) in [4.78, 5) is 12.5. The highest BCUT2D eigenvalue weighted by Gasteiger charge is 2.78. The standard InChI is InChI=1S/C25H34O3Si/c1-23(2,3)29(5,6)28-20-11-9-10-18(16-20)19-12-15-24-13-7-8-14-25(24,17-19)21(24)22(26)27-4/h7-12,15-16,19,21H,13-14,17H2,1-6H3/t19-,21+,24?,25?/m1/s1. The highest BCUT2D eigenvalue weighted by Crippen LogP contribution is 2.80. The van der Waals surface area contributed by atoms with Gasteiger partial charge in [0, 0.05) is 11.3 Å². The molecule has 4 heteroatoms. The number of carbonyl (C=O) groups is 1. The van der Waals surface area contributed by atoms with Crippen molar-refractivity contribution in [2.24, 2.45) is 16.7 Å². The van der Waals surface area contributed by atoms with Crippen molar-refractivity contribution in [3.05, 3.63) is 54.1 Å². The molecule has 1 aromatic carbocycles. The maximum atomic E-state index is 12.5. The summed E-state index contributed by atoms with van der Waals surface area (Å²) < 4.78 is 11.7. The third kappa shape index (κ3) is 3.02. The molecule has 3 nitrogen and oxygen atoms in total. The van der Waals surface area contributed by atoms with Gasteiger partial charge in [0.2, 0.25) is 8.32 Å². The predicted molar refractivity (Wildman–Crippen MR) is 120 cm³/mol. The predicted octanol–water partition coefficient (Wildman–Crippen LogP) is 6.24. The number of carbonyl (C=O) groups excluding carboxylic acids is 1. The largest absolute Gasteiger partial charge is 0.543 e. The number of hydrogen-bond donors (Lipinski definition) is 0. The molecule has 0 aromatic heterocycles. The molecule has 3 aliphatic carbocycles. The molecule has 0 N–H and O–H groups in total. The van der Waals surface area contributed by atoms with Crippen molar-refractivity contribution in [2.75, 3.05) is 7.11 Å². The van der Waals surface area contributed by atoms with Gasteiger partial charge in [-0.3, -0.25) is 4.79 Å². The average molecular weight is 411 g/mol. The van der Waals surface area contributed by atoms with Crippen molar-refractivity contribution in [3.63, 3.8) is 0 Å². The Balaban J connectivity index is 1.60. The van der Waals surface area contributed by atoms with Crippen LogP contribution >= 0.6 is 0 Å². The molecular formula is C25H34O3Si. The third-order valence-corrected chi connectivity index (χ3v) is 12.5. The molecule has 0 aliphatic heterocycles. The van der Waals surface area contributed by atoms with E-state index in [1.54, 1.807) is 0 Å². The number of hydrogen-bond acceptors (Lipinski definition) is 3. The first-order chi connectivity index (χ1) is 13.6. The van der Waals surface area contributed by atoms with E-state index in [0.717, 1.165) is 25.0 Å². The quantitative estimate of drug-likeness (QED) is 0.335. The topological polar surface area (TPSA) is 35.5 Å². The average Bonchev–Trinajstić information content (AvgIpc) is 3.29. The second kappa shape index (κ2) is 6.60. The van der Waals surface area contributed by atoms with Gasteiger partial charge in [0.15, 0.2) is 0 Å². The van der Waals surface area contributed by atoms with Crippen LogP contribution in [0.15, 0.2) is 48.6 Å². The first-order valence-corrected chi connectivity index (χ1v) is 13.7. The van der Waals surface area contributed by atoms with Gasteiger partial charge in [-0.2, -0.15) is 0 Å². The molecule has 1 fully saturated rings. The van der Waals surface area contributed by atoms with Gasteiger partial charge in [-0.15, -0.1) is 0 Å².